The zero-order chi connectivity index (χ0) is 14.6. The van der Waals surface area contributed by atoms with Crippen molar-refractivity contribution in [2.24, 2.45) is 0 Å². The lowest BCUT2D eigenvalue weighted by atomic mass is 10.1. The second-order valence-electron chi connectivity index (χ2n) is 4.83. The fourth-order valence-electron chi connectivity index (χ4n) is 2.33. The average molecular weight is 282 g/mol. The summed E-state index contributed by atoms with van der Waals surface area (Å²) in [5.74, 6) is 2.60. The van der Waals surface area contributed by atoms with E-state index in [0.717, 1.165) is 38.8 Å². The summed E-state index contributed by atoms with van der Waals surface area (Å²) in [5, 5.41) is 0. The van der Waals surface area contributed by atoms with Gasteiger partial charge in [-0.2, -0.15) is 13.2 Å². The van der Waals surface area contributed by atoms with E-state index in [0.29, 0.717) is 12.1 Å². The lowest BCUT2D eigenvalue weighted by molar-refractivity contribution is -0.137. The molecule has 0 N–H and O–H groups in total. The molecule has 1 saturated heterocycles. The van der Waals surface area contributed by atoms with E-state index in [4.69, 9.17) is 6.42 Å². The largest absolute Gasteiger partial charge is 0.416 e. The Hall–Kier alpha value is -1.67. The molecular weight excluding hydrogens is 265 g/mol. The van der Waals surface area contributed by atoms with Crippen molar-refractivity contribution < 1.29 is 13.2 Å². The summed E-state index contributed by atoms with van der Waals surface area (Å²) in [5.41, 5.74) is 0.0428. The van der Waals surface area contributed by atoms with Crippen LogP contribution in [0.25, 0.3) is 0 Å². The van der Waals surface area contributed by atoms with E-state index in [1.54, 1.807) is 6.07 Å². The fraction of sp³-hybridized carbons (Fsp3) is 0.467. The van der Waals surface area contributed by atoms with Crippen LogP contribution in [0.2, 0.25) is 0 Å². The first-order valence-corrected chi connectivity index (χ1v) is 6.59. The minimum Gasteiger partial charge on any atom is -0.369 e. The van der Waals surface area contributed by atoms with Gasteiger partial charge in [0.1, 0.15) is 0 Å². The minimum absolute atomic E-state index is 0.593. The van der Waals surface area contributed by atoms with Gasteiger partial charge >= 0.3 is 6.18 Å². The van der Waals surface area contributed by atoms with E-state index in [9.17, 15) is 13.2 Å². The van der Waals surface area contributed by atoms with Gasteiger partial charge in [-0.3, -0.25) is 4.90 Å². The molecule has 1 aliphatic heterocycles. The third-order valence-corrected chi connectivity index (χ3v) is 3.48. The molecule has 0 amide bonds. The fourth-order valence-corrected chi connectivity index (χ4v) is 2.33. The van der Waals surface area contributed by atoms with E-state index < -0.39 is 11.7 Å². The van der Waals surface area contributed by atoms with Crippen molar-refractivity contribution in [1.82, 2.24) is 4.90 Å². The van der Waals surface area contributed by atoms with Crippen LogP contribution in [0.15, 0.2) is 24.3 Å². The van der Waals surface area contributed by atoms with Crippen LogP contribution in [-0.4, -0.2) is 37.6 Å². The molecule has 2 rings (SSSR count). The Kier molecular flexibility index (Phi) is 4.56. The van der Waals surface area contributed by atoms with Crippen LogP contribution in [0.3, 0.4) is 0 Å². The minimum atomic E-state index is -4.29. The number of rotatable bonds is 3. The molecule has 0 bridgehead atoms. The van der Waals surface area contributed by atoms with Gasteiger partial charge in [0.25, 0.3) is 0 Å². The summed E-state index contributed by atoms with van der Waals surface area (Å²) in [4.78, 5) is 4.23. The quantitative estimate of drug-likeness (QED) is 0.787. The van der Waals surface area contributed by atoms with Crippen molar-refractivity contribution in [3.63, 3.8) is 0 Å². The topological polar surface area (TPSA) is 6.48 Å². The highest BCUT2D eigenvalue weighted by molar-refractivity contribution is 5.49. The van der Waals surface area contributed by atoms with E-state index >= 15 is 0 Å². The molecule has 108 valence electrons. The van der Waals surface area contributed by atoms with Gasteiger partial charge in [0.05, 0.1) is 5.56 Å². The van der Waals surface area contributed by atoms with E-state index in [2.05, 4.69) is 10.8 Å². The van der Waals surface area contributed by atoms with Crippen molar-refractivity contribution in [3.05, 3.63) is 29.8 Å². The maximum Gasteiger partial charge on any atom is 0.416 e. The highest BCUT2D eigenvalue weighted by Crippen LogP contribution is 2.31. The van der Waals surface area contributed by atoms with Crippen molar-refractivity contribution >= 4 is 5.69 Å². The number of piperazine rings is 1. The summed E-state index contributed by atoms with van der Waals surface area (Å²) in [7, 11) is 0. The van der Waals surface area contributed by atoms with Crippen LogP contribution >= 0.6 is 0 Å². The van der Waals surface area contributed by atoms with Gasteiger partial charge in [-0.25, -0.2) is 0 Å². The van der Waals surface area contributed by atoms with Crippen molar-refractivity contribution in [3.8, 4) is 12.3 Å². The molecule has 1 heterocycles. The molecule has 0 atom stereocenters. The number of nitrogens with zero attached hydrogens (tertiary/aromatic N) is 2. The van der Waals surface area contributed by atoms with Gasteiger partial charge in [-0.05, 0) is 18.2 Å². The Morgan fingerprint density at radius 1 is 1.15 bits per heavy atom. The Morgan fingerprint density at radius 2 is 1.85 bits per heavy atom. The molecule has 0 saturated carbocycles. The second-order valence-corrected chi connectivity index (χ2v) is 4.83. The van der Waals surface area contributed by atoms with Gasteiger partial charge in [0, 0.05) is 44.8 Å². The summed E-state index contributed by atoms with van der Waals surface area (Å²) in [6, 6.07) is 5.51. The highest BCUT2D eigenvalue weighted by Gasteiger charge is 2.31. The zero-order valence-corrected chi connectivity index (χ0v) is 11.2. The van der Waals surface area contributed by atoms with Gasteiger partial charge in [0.15, 0.2) is 0 Å². The molecule has 0 spiro atoms. The monoisotopic (exact) mass is 282 g/mol. The first-order chi connectivity index (χ1) is 9.50. The number of hydrogen-bond acceptors (Lipinski definition) is 2. The van der Waals surface area contributed by atoms with Crippen LogP contribution < -0.4 is 4.90 Å². The highest BCUT2D eigenvalue weighted by atomic mass is 19.4. The van der Waals surface area contributed by atoms with E-state index in [-0.39, 0.29) is 0 Å². The van der Waals surface area contributed by atoms with Gasteiger partial charge in [-0.1, -0.05) is 6.07 Å². The number of halogens is 3. The molecule has 1 aromatic rings. The lowest BCUT2D eigenvalue weighted by Gasteiger charge is -2.36. The molecular formula is C15H17F3N2. The molecule has 5 heteroatoms. The number of hydrogen-bond donors (Lipinski definition) is 0. The Balaban J connectivity index is 1.99. The van der Waals surface area contributed by atoms with E-state index in [1.807, 2.05) is 4.90 Å². The maximum absolute atomic E-state index is 12.7. The van der Waals surface area contributed by atoms with Crippen molar-refractivity contribution in [1.29, 1.82) is 0 Å². The normalized spacial score (nSPS) is 17.0. The van der Waals surface area contributed by atoms with Crippen LogP contribution in [0.1, 0.15) is 12.0 Å². The summed E-state index contributed by atoms with van der Waals surface area (Å²) in [6.45, 7) is 3.97. The first-order valence-electron chi connectivity index (χ1n) is 6.59. The summed E-state index contributed by atoms with van der Waals surface area (Å²) < 4.78 is 38.1. The molecule has 0 aromatic heterocycles. The Morgan fingerprint density at radius 3 is 2.45 bits per heavy atom. The summed E-state index contributed by atoms with van der Waals surface area (Å²) >= 11 is 0. The third kappa shape index (κ3) is 3.67. The molecule has 0 unspecified atom stereocenters. The number of terminal acetylenes is 1. The Bertz CT molecular complexity index is 483. The Labute approximate surface area is 117 Å². The first kappa shape index (κ1) is 14.7. The van der Waals surface area contributed by atoms with Crippen LogP contribution in [0, 0.1) is 12.3 Å². The maximum atomic E-state index is 12.7. The molecule has 2 nitrogen and oxygen atoms in total. The van der Waals surface area contributed by atoms with Crippen molar-refractivity contribution in [2.75, 3.05) is 37.6 Å². The smallest absolute Gasteiger partial charge is 0.369 e. The summed E-state index contributed by atoms with van der Waals surface area (Å²) in [6.07, 6.45) is 1.65. The predicted molar refractivity (Wildman–Crippen MR) is 73.5 cm³/mol. The number of alkyl halides is 3. The van der Waals surface area contributed by atoms with Crippen LogP contribution in [0.4, 0.5) is 18.9 Å². The van der Waals surface area contributed by atoms with Gasteiger partial charge < -0.3 is 4.90 Å². The van der Waals surface area contributed by atoms with Crippen LogP contribution in [0.5, 0.6) is 0 Å². The predicted octanol–water partition coefficient (Wildman–Crippen LogP) is 2.85. The number of anilines is 1. The third-order valence-electron chi connectivity index (χ3n) is 3.48. The van der Waals surface area contributed by atoms with E-state index in [1.165, 1.54) is 12.1 Å². The zero-order valence-electron chi connectivity index (χ0n) is 11.2. The molecule has 0 radical (unpaired) electrons. The SMILES string of the molecule is C#CCCN1CCN(c2cccc(C(F)(F)F)c2)CC1. The van der Waals surface area contributed by atoms with Gasteiger partial charge in [0.2, 0.25) is 0 Å². The molecule has 20 heavy (non-hydrogen) atoms. The van der Waals surface area contributed by atoms with Crippen molar-refractivity contribution in [2.45, 2.75) is 12.6 Å². The van der Waals surface area contributed by atoms with Crippen LogP contribution in [-0.2, 0) is 6.18 Å². The van der Waals surface area contributed by atoms with Gasteiger partial charge in [-0.15, -0.1) is 12.3 Å². The standard InChI is InChI=1S/C15H17F3N2/c1-2-3-7-19-8-10-20(11-9-19)14-6-4-5-13(12-14)15(16,17)18/h1,4-6,12H,3,7-11H2. The lowest BCUT2D eigenvalue weighted by Crippen LogP contribution is -2.46. The molecule has 1 fully saturated rings. The molecule has 0 aliphatic carbocycles. The average Bonchev–Trinajstić information content (AvgIpc) is 2.45. The molecule has 1 aromatic carbocycles. The second kappa shape index (κ2) is 6.19. The molecule has 1 aliphatic rings. The number of benzene rings is 1.